The van der Waals surface area contributed by atoms with Crippen LogP contribution in [0.1, 0.15) is 48.8 Å². The van der Waals surface area contributed by atoms with Crippen LogP contribution >= 0.6 is 0 Å². The second-order valence-electron chi connectivity index (χ2n) is 9.20. The van der Waals surface area contributed by atoms with E-state index in [1.165, 1.54) is 5.56 Å². The molecule has 6 nitrogen and oxygen atoms in total. The Morgan fingerprint density at radius 2 is 1.69 bits per heavy atom. The van der Waals surface area contributed by atoms with Crippen LogP contribution in [0.4, 0.5) is 5.69 Å². The van der Waals surface area contributed by atoms with E-state index < -0.39 is 17.9 Å². The second-order valence-corrected chi connectivity index (χ2v) is 9.20. The van der Waals surface area contributed by atoms with Gasteiger partial charge in [0.1, 0.15) is 18.4 Å². The number of rotatable bonds is 9. The average Bonchev–Trinajstić information content (AvgIpc) is 2.99. The lowest BCUT2D eigenvalue weighted by Crippen LogP contribution is -2.48. The van der Waals surface area contributed by atoms with Gasteiger partial charge in [0.25, 0.3) is 0 Å². The van der Waals surface area contributed by atoms with Gasteiger partial charge < -0.3 is 20.1 Å². The number of carboxylic acid groups (broad SMARTS) is 1. The van der Waals surface area contributed by atoms with Crippen molar-refractivity contribution in [1.82, 2.24) is 5.32 Å². The number of hydrogen-bond acceptors (Lipinski definition) is 4. The normalized spacial score (nSPS) is 16.4. The van der Waals surface area contributed by atoms with Gasteiger partial charge in [0, 0.05) is 0 Å². The molecule has 0 saturated carbocycles. The first-order chi connectivity index (χ1) is 16.9. The Morgan fingerprint density at radius 1 is 1.00 bits per heavy atom. The van der Waals surface area contributed by atoms with Gasteiger partial charge >= 0.3 is 5.97 Å². The number of fused-ring (bicyclic) bond motifs is 1. The minimum Gasteiger partial charge on any atom is -0.489 e. The lowest BCUT2D eigenvalue weighted by atomic mass is 9.96. The fraction of sp³-hybridized carbons (Fsp3) is 0.310. The van der Waals surface area contributed by atoms with Gasteiger partial charge in [0.05, 0.1) is 18.2 Å². The zero-order valence-electron chi connectivity index (χ0n) is 20.2. The van der Waals surface area contributed by atoms with Crippen LogP contribution in [0.3, 0.4) is 0 Å². The number of carboxylic acids is 1. The van der Waals surface area contributed by atoms with Crippen molar-refractivity contribution in [3.63, 3.8) is 0 Å². The van der Waals surface area contributed by atoms with Gasteiger partial charge in [-0.15, -0.1) is 0 Å². The highest BCUT2D eigenvalue weighted by molar-refractivity contribution is 5.99. The summed E-state index contributed by atoms with van der Waals surface area (Å²) in [5.41, 5.74) is 3.78. The van der Waals surface area contributed by atoms with Gasteiger partial charge in [-0.05, 0) is 47.7 Å². The van der Waals surface area contributed by atoms with Crippen LogP contribution in [-0.4, -0.2) is 36.2 Å². The summed E-state index contributed by atoms with van der Waals surface area (Å²) in [5.74, 6) is -0.498. The maximum Gasteiger partial charge on any atom is 0.311 e. The minimum absolute atomic E-state index is 0.0885. The van der Waals surface area contributed by atoms with Gasteiger partial charge in [0.15, 0.2) is 0 Å². The van der Waals surface area contributed by atoms with E-state index in [0.29, 0.717) is 31.2 Å². The Bertz CT molecular complexity index is 1140. The van der Waals surface area contributed by atoms with Gasteiger partial charge in [0.2, 0.25) is 5.91 Å². The van der Waals surface area contributed by atoms with E-state index in [-0.39, 0.29) is 12.5 Å². The van der Waals surface area contributed by atoms with E-state index in [0.717, 1.165) is 16.8 Å². The van der Waals surface area contributed by atoms with E-state index in [4.69, 9.17) is 4.74 Å². The van der Waals surface area contributed by atoms with E-state index in [2.05, 4.69) is 43.4 Å². The molecule has 0 fully saturated rings. The molecule has 182 valence electrons. The number of nitrogens with zero attached hydrogens (tertiary/aromatic N) is 1. The smallest absolute Gasteiger partial charge is 0.311 e. The molecule has 0 spiro atoms. The van der Waals surface area contributed by atoms with Crippen molar-refractivity contribution in [3.05, 3.63) is 95.6 Å². The van der Waals surface area contributed by atoms with Crippen molar-refractivity contribution >= 4 is 17.6 Å². The number of ether oxygens (including phenoxy) is 1. The SMILES string of the molecule is CC(C)c1ccc(CN2C(=O)[C@@H](NCC[C@H](C(=O)O)c3ccccc3)COc3ccccc32)cc1. The van der Waals surface area contributed by atoms with Gasteiger partial charge in [-0.1, -0.05) is 80.6 Å². The van der Waals surface area contributed by atoms with Crippen molar-refractivity contribution in [1.29, 1.82) is 0 Å². The molecule has 1 amide bonds. The molecule has 1 aliphatic rings. The lowest BCUT2D eigenvalue weighted by Gasteiger charge is -2.25. The fourth-order valence-electron chi connectivity index (χ4n) is 4.37. The largest absolute Gasteiger partial charge is 0.489 e. The third kappa shape index (κ3) is 5.89. The summed E-state index contributed by atoms with van der Waals surface area (Å²) < 4.78 is 6.00. The van der Waals surface area contributed by atoms with Crippen LogP contribution < -0.4 is 15.0 Å². The predicted octanol–water partition coefficient (Wildman–Crippen LogP) is 4.95. The Hall–Kier alpha value is -3.64. The number of carbonyl (C=O) groups is 2. The average molecular weight is 473 g/mol. The molecule has 4 rings (SSSR count). The highest BCUT2D eigenvalue weighted by Gasteiger charge is 2.31. The summed E-state index contributed by atoms with van der Waals surface area (Å²) in [6.45, 7) is 5.30. The first-order valence-electron chi connectivity index (χ1n) is 12.1. The van der Waals surface area contributed by atoms with Crippen LogP contribution in [0.15, 0.2) is 78.9 Å². The molecule has 0 radical (unpaired) electrons. The highest BCUT2D eigenvalue weighted by Crippen LogP contribution is 2.32. The first-order valence-corrected chi connectivity index (χ1v) is 12.1. The summed E-state index contributed by atoms with van der Waals surface area (Å²) in [7, 11) is 0. The van der Waals surface area contributed by atoms with Crippen LogP contribution in [0.5, 0.6) is 5.75 Å². The van der Waals surface area contributed by atoms with E-state index >= 15 is 0 Å². The Kier molecular flexibility index (Phi) is 7.83. The third-order valence-corrected chi connectivity index (χ3v) is 6.44. The molecule has 6 heteroatoms. The van der Waals surface area contributed by atoms with Gasteiger partial charge in [-0.2, -0.15) is 0 Å². The van der Waals surface area contributed by atoms with Crippen LogP contribution in [0.2, 0.25) is 0 Å². The molecule has 0 bridgehead atoms. The Morgan fingerprint density at radius 3 is 2.37 bits per heavy atom. The standard InChI is InChI=1S/C29H32N2O4/c1-20(2)22-14-12-21(13-15-22)18-31-26-10-6-7-11-27(26)35-19-25(28(31)32)30-17-16-24(29(33)34)23-8-4-3-5-9-23/h3-15,20,24-25,30H,16-19H2,1-2H3,(H,33,34)/t24-,25-/m0/s1. The number of nitrogens with one attached hydrogen (secondary N) is 1. The van der Waals surface area contributed by atoms with Crippen LogP contribution in [-0.2, 0) is 16.1 Å². The number of hydrogen-bond donors (Lipinski definition) is 2. The first kappa shape index (κ1) is 24.5. The molecular formula is C29H32N2O4. The third-order valence-electron chi connectivity index (χ3n) is 6.44. The maximum atomic E-state index is 13.6. The number of para-hydroxylation sites is 2. The molecular weight excluding hydrogens is 440 g/mol. The zero-order valence-corrected chi connectivity index (χ0v) is 20.2. The van der Waals surface area contributed by atoms with Crippen molar-refractivity contribution in [2.75, 3.05) is 18.1 Å². The van der Waals surface area contributed by atoms with Crippen LogP contribution in [0.25, 0.3) is 0 Å². The van der Waals surface area contributed by atoms with Crippen molar-refractivity contribution in [2.45, 2.75) is 44.7 Å². The molecule has 2 atom stereocenters. The molecule has 0 saturated heterocycles. The molecule has 35 heavy (non-hydrogen) atoms. The van der Waals surface area contributed by atoms with E-state index in [1.54, 1.807) is 4.90 Å². The fourth-order valence-corrected chi connectivity index (χ4v) is 4.37. The summed E-state index contributed by atoms with van der Waals surface area (Å²) in [6.07, 6.45) is 0.368. The molecule has 2 N–H and O–H groups in total. The topological polar surface area (TPSA) is 78.9 Å². The molecule has 3 aromatic carbocycles. The van der Waals surface area contributed by atoms with Crippen molar-refractivity contribution in [2.24, 2.45) is 0 Å². The van der Waals surface area contributed by atoms with Crippen LogP contribution in [0, 0.1) is 0 Å². The Labute approximate surface area is 206 Å². The van der Waals surface area contributed by atoms with Crippen molar-refractivity contribution < 1.29 is 19.4 Å². The number of benzene rings is 3. The van der Waals surface area contributed by atoms with Crippen molar-refractivity contribution in [3.8, 4) is 5.75 Å². The second kappa shape index (κ2) is 11.2. The molecule has 0 aromatic heterocycles. The maximum absolute atomic E-state index is 13.6. The Balaban J connectivity index is 1.49. The quantitative estimate of drug-likeness (QED) is 0.461. The molecule has 3 aromatic rings. The van der Waals surface area contributed by atoms with E-state index in [1.807, 2.05) is 54.6 Å². The number of carbonyl (C=O) groups excluding carboxylic acids is 1. The molecule has 0 unspecified atom stereocenters. The molecule has 0 aliphatic carbocycles. The summed E-state index contributed by atoms with van der Waals surface area (Å²) >= 11 is 0. The summed E-state index contributed by atoms with van der Waals surface area (Å²) in [5, 5.41) is 13.0. The minimum atomic E-state index is -0.875. The predicted molar refractivity (Wildman–Crippen MR) is 137 cm³/mol. The number of anilines is 1. The van der Waals surface area contributed by atoms with Gasteiger partial charge in [-0.3, -0.25) is 9.59 Å². The van der Waals surface area contributed by atoms with E-state index in [9.17, 15) is 14.7 Å². The molecule has 1 aliphatic heterocycles. The zero-order chi connectivity index (χ0) is 24.8. The summed E-state index contributed by atoms with van der Waals surface area (Å²) in [4.78, 5) is 27.2. The lowest BCUT2D eigenvalue weighted by molar-refractivity contribution is -0.138. The molecule has 1 heterocycles. The summed E-state index contributed by atoms with van der Waals surface area (Å²) in [6, 6.07) is 24.5. The number of aliphatic carboxylic acids is 1. The monoisotopic (exact) mass is 472 g/mol. The highest BCUT2D eigenvalue weighted by atomic mass is 16.5. The number of amides is 1. The van der Waals surface area contributed by atoms with Gasteiger partial charge in [-0.25, -0.2) is 0 Å².